The molecule has 0 radical (unpaired) electrons. The van der Waals surface area contributed by atoms with Gasteiger partial charge in [0, 0.05) is 38.0 Å². The van der Waals surface area contributed by atoms with Crippen molar-refractivity contribution in [1.82, 2.24) is 9.80 Å². The fourth-order valence-corrected chi connectivity index (χ4v) is 9.01. The SMILES string of the molecule is CCCN(Cc1ccc(Oc2ccccc2)cc1)C(=S)C1C(C(=O)OCc2ccccc2)C(C(=O)OCc2ccccc2)C1C(=S)N(CCC)Cc1ccc(Oc2ccccc2)cc1. The third kappa shape index (κ3) is 12.0. The Morgan fingerprint density at radius 2 is 0.734 bits per heavy atom. The predicted molar refractivity (Wildman–Crippen MR) is 259 cm³/mol. The van der Waals surface area contributed by atoms with Gasteiger partial charge in [-0.1, -0.05) is 160 Å². The van der Waals surface area contributed by atoms with Gasteiger partial charge in [0.25, 0.3) is 0 Å². The third-order valence-electron chi connectivity index (χ3n) is 11.3. The largest absolute Gasteiger partial charge is 0.461 e. The summed E-state index contributed by atoms with van der Waals surface area (Å²) in [6.07, 6.45) is 1.60. The number of nitrogens with zero attached hydrogens (tertiary/aromatic N) is 2. The quantitative estimate of drug-likeness (QED) is 0.0546. The number of esters is 2. The topological polar surface area (TPSA) is 77.5 Å². The molecular weight excluding hydrogens is 837 g/mol. The number of carbonyl (C=O) groups is 2. The summed E-state index contributed by atoms with van der Waals surface area (Å²) in [6.45, 7) is 6.54. The summed E-state index contributed by atoms with van der Waals surface area (Å²) in [7, 11) is 0. The minimum atomic E-state index is -0.929. The first-order valence-electron chi connectivity index (χ1n) is 21.9. The van der Waals surface area contributed by atoms with Crippen LogP contribution in [0.1, 0.15) is 48.9 Å². The molecule has 0 amide bonds. The molecule has 0 spiro atoms. The van der Waals surface area contributed by atoms with Crippen LogP contribution in [0.2, 0.25) is 0 Å². The third-order valence-corrected chi connectivity index (χ3v) is 12.3. The predicted octanol–water partition coefficient (Wildman–Crippen LogP) is 12.0. The first-order valence-corrected chi connectivity index (χ1v) is 22.7. The van der Waals surface area contributed by atoms with Crippen LogP contribution in [0.4, 0.5) is 0 Å². The zero-order chi connectivity index (χ0) is 44.7. The van der Waals surface area contributed by atoms with Gasteiger partial charge in [0.15, 0.2) is 0 Å². The van der Waals surface area contributed by atoms with Crippen molar-refractivity contribution >= 4 is 46.4 Å². The number of carbonyl (C=O) groups excluding carboxylic acids is 2. The van der Waals surface area contributed by atoms with Gasteiger partial charge in [-0.25, -0.2) is 0 Å². The zero-order valence-electron chi connectivity index (χ0n) is 36.3. The highest BCUT2D eigenvalue weighted by Crippen LogP contribution is 2.51. The molecule has 1 aliphatic rings. The van der Waals surface area contributed by atoms with E-state index in [1.807, 2.05) is 170 Å². The van der Waals surface area contributed by atoms with Gasteiger partial charge in [0.1, 0.15) is 36.2 Å². The van der Waals surface area contributed by atoms with Crippen LogP contribution in [0.25, 0.3) is 0 Å². The van der Waals surface area contributed by atoms with E-state index in [1.54, 1.807) is 0 Å². The Balaban J connectivity index is 1.19. The van der Waals surface area contributed by atoms with E-state index >= 15 is 0 Å². The average molecular weight is 891 g/mol. The second kappa shape index (κ2) is 22.8. The fraction of sp³-hybridized carbons (Fsp3) is 0.259. The van der Waals surface area contributed by atoms with E-state index < -0.39 is 35.6 Å². The molecule has 6 aromatic rings. The summed E-state index contributed by atoms with van der Waals surface area (Å²) < 4.78 is 24.2. The lowest BCUT2D eigenvalue weighted by Crippen LogP contribution is -2.64. The Labute approximate surface area is 387 Å². The normalized spacial score (nSPS) is 16.4. The molecule has 7 rings (SSSR count). The van der Waals surface area contributed by atoms with Gasteiger partial charge in [-0.15, -0.1) is 0 Å². The number of para-hydroxylation sites is 2. The summed E-state index contributed by atoms with van der Waals surface area (Å²) in [5.41, 5.74) is 3.71. The van der Waals surface area contributed by atoms with Gasteiger partial charge in [-0.05, 0) is 83.6 Å². The van der Waals surface area contributed by atoms with Crippen molar-refractivity contribution < 1.29 is 28.5 Å². The molecule has 64 heavy (non-hydrogen) atoms. The highest BCUT2D eigenvalue weighted by atomic mass is 32.1. The Hall–Kier alpha value is -6.36. The molecule has 1 aliphatic carbocycles. The van der Waals surface area contributed by atoms with Gasteiger partial charge < -0.3 is 28.7 Å². The van der Waals surface area contributed by atoms with Crippen LogP contribution >= 0.6 is 24.4 Å². The zero-order valence-corrected chi connectivity index (χ0v) is 37.9. The molecule has 0 saturated heterocycles. The molecule has 0 heterocycles. The number of benzene rings is 6. The minimum Gasteiger partial charge on any atom is -0.461 e. The first-order chi connectivity index (χ1) is 31.3. The number of hydrogen-bond acceptors (Lipinski definition) is 8. The van der Waals surface area contributed by atoms with Crippen LogP contribution < -0.4 is 9.47 Å². The Morgan fingerprint density at radius 1 is 0.422 bits per heavy atom. The molecule has 8 nitrogen and oxygen atoms in total. The van der Waals surface area contributed by atoms with Gasteiger partial charge in [-0.2, -0.15) is 0 Å². The molecule has 0 bridgehead atoms. The van der Waals surface area contributed by atoms with Gasteiger partial charge in [0.2, 0.25) is 0 Å². The summed E-state index contributed by atoms with van der Waals surface area (Å²) in [5.74, 6) is -1.16. The van der Waals surface area contributed by atoms with Crippen molar-refractivity contribution in [3.63, 3.8) is 0 Å². The molecule has 0 aromatic heterocycles. The summed E-state index contributed by atoms with van der Waals surface area (Å²) in [5, 5.41) is 0. The van der Waals surface area contributed by atoms with Crippen molar-refractivity contribution in [2.45, 2.75) is 53.0 Å². The molecule has 0 aliphatic heterocycles. The molecule has 1 saturated carbocycles. The van der Waals surface area contributed by atoms with Crippen LogP contribution in [-0.2, 0) is 45.4 Å². The Kier molecular flexibility index (Phi) is 16.3. The lowest BCUT2D eigenvalue weighted by atomic mass is 9.55. The number of ether oxygens (including phenoxy) is 4. The molecule has 10 heteroatoms. The lowest BCUT2D eigenvalue weighted by Gasteiger charge is -2.52. The molecule has 0 N–H and O–H groups in total. The maximum Gasteiger partial charge on any atom is 0.310 e. The number of rotatable bonds is 20. The second-order valence-electron chi connectivity index (χ2n) is 15.9. The molecule has 4 atom stereocenters. The van der Waals surface area contributed by atoms with Crippen LogP contribution in [0.15, 0.2) is 170 Å². The monoisotopic (exact) mass is 890 g/mol. The van der Waals surface area contributed by atoms with E-state index in [2.05, 4.69) is 23.6 Å². The maximum atomic E-state index is 14.6. The van der Waals surface area contributed by atoms with Crippen LogP contribution in [0, 0.1) is 23.7 Å². The van der Waals surface area contributed by atoms with Crippen molar-refractivity contribution in [3.05, 3.63) is 192 Å². The van der Waals surface area contributed by atoms with Crippen molar-refractivity contribution in [2.24, 2.45) is 23.7 Å². The Bertz CT molecular complexity index is 2250. The lowest BCUT2D eigenvalue weighted by molar-refractivity contribution is -0.175. The summed E-state index contributed by atoms with van der Waals surface area (Å²) in [6, 6.07) is 54.3. The van der Waals surface area contributed by atoms with Gasteiger partial charge >= 0.3 is 11.9 Å². The van der Waals surface area contributed by atoms with E-state index in [1.165, 1.54) is 0 Å². The average Bonchev–Trinajstić information content (AvgIpc) is 3.32. The van der Waals surface area contributed by atoms with Crippen LogP contribution in [0.3, 0.4) is 0 Å². The second-order valence-corrected chi connectivity index (χ2v) is 16.8. The highest BCUT2D eigenvalue weighted by molar-refractivity contribution is 7.80. The van der Waals surface area contributed by atoms with Crippen molar-refractivity contribution in [2.75, 3.05) is 13.1 Å². The van der Waals surface area contributed by atoms with E-state index in [4.69, 9.17) is 43.4 Å². The highest BCUT2D eigenvalue weighted by Gasteiger charge is 2.63. The maximum absolute atomic E-state index is 14.6. The number of thiocarbonyl (C=S) groups is 2. The first kappa shape index (κ1) is 45.7. The Morgan fingerprint density at radius 3 is 1.06 bits per heavy atom. The molecule has 328 valence electrons. The molecule has 4 unspecified atom stereocenters. The standard InChI is InChI=1S/C54H54N2O6S2/c1-3-33-55(35-39-25-29-45(30-26-39)61-43-21-13-7-14-22-43)51(63)47-48(52(64)56(34-4-2)36-40-27-31-46(32-28-40)62-44-23-15-8-16-24-44)50(54(58)60-38-42-19-11-6-12-20-42)49(47)53(57)59-37-41-17-9-5-10-18-41/h5-32,47-50H,3-4,33-38H2,1-2H3. The van der Waals surface area contributed by atoms with Crippen molar-refractivity contribution in [1.29, 1.82) is 0 Å². The van der Waals surface area contributed by atoms with E-state index in [-0.39, 0.29) is 13.2 Å². The van der Waals surface area contributed by atoms with E-state index in [0.29, 0.717) is 36.2 Å². The van der Waals surface area contributed by atoms with E-state index in [0.717, 1.165) is 58.1 Å². The fourth-order valence-electron chi connectivity index (χ4n) is 8.11. The van der Waals surface area contributed by atoms with Crippen LogP contribution in [-0.4, -0.2) is 44.8 Å². The minimum absolute atomic E-state index is 0.0541. The van der Waals surface area contributed by atoms with Gasteiger partial charge in [-0.3, -0.25) is 9.59 Å². The van der Waals surface area contributed by atoms with Crippen molar-refractivity contribution in [3.8, 4) is 23.0 Å². The molecular formula is C54H54N2O6S2. The van der Waals surface area contributed by atoms with Gasteiger partial charge in [0.05, 0.1) is 21.8 Å². The van der Waals surface area contributed by atoms with E-state index in [9.17, 15) is 9.59 Å². The smallest absolute Gasteiger partial charge is 0.310 e. The summed E-state index contributed by atoms with van der Waals surface area (Å²) in [4.78, 5) is 34.5. The number of hydrogen-bond donors (Lipinski definition) is 0. The summed E-state index contributed by atoms with van der Waals surface area (Å²) >= 11 is 12.9. The molecule has 6 aromatic carbocycles. The van der Waals surface area contributed by atoms with Crippen LogP contribution in [0.5, 0.6) is 23.0 Å². The molecule has 1 fully saturated rings.